The van der Waals surface area contributed by atoms with E-state index in [0.717, 1.165) is 51.0 Å². The third-order valence-corrected chi connectivity index (χ3v) is 5.20. The maximum atomic E-state index is 5.73. The SMILES string of the molecule is CCNC(=NCc1ccc(CN2CCN(C)CC2)cc1)NCCOc1ccccc1. The Bertz CT molecular complexity index is 755. The summed E-state index contributed by atoms with van der Waals surface area (Å²) in [7, 11) is 2.19. The zero-order valence-corrected chi connectivity index (χ0v) is 18.3. The molecule has 0 aliphatic carbocycles. The molecule has 1 fully saturated rings. The number of likely N-dealkylation sites (N-methyl/N-ethyl adjacent to an activating group) is 1. The molecule has 1 heterocycles. The second kappa shape index (κ2) is 12.2. The van der Waals surface area contributed by atoms with Crippen LogP contribution >= 0.6 is 0 Å². The maximum Gasteiger partial charge on any atom is 0.191 e. The lowest BCUT2D eigenvalue weighted by molar-refractivity contribution is 0.148. The van der Waals surface area contributed by atoms with Gasteiger partial charge in [-0.3, -0.25) is 4.90 Å². The second-order valence-electron chi connectivity index (χ2n) is 7.68. The van der Waals surface area contributed by atoms with Gasteiger partial charge in [-0.05, 0) is 37.2 Å². The first-order chi connectivity index (χ1) is 14.7. The number of hydrogen-bond donors (Lipinski definition) is 2. The summed E-state index contributed by atoms with van der Waals surface area (Å²) < 4.78 is 5.73. The van der Waals surface area contributed by atoms with E-state index in [-0.39, 0.29) is 0 Å². The quantitative estimate of drug-likeness (QED) is 0.379. The molecule has 0 radical (unpaired) electrons. The first kappa shape index (κ1) is 22.1. The smallest absolute Gasteiger partial charge is 0.191 e. The Morgan fingerprint density at radius 3 is 2.33 bits per heavy atom. The van der Waals surface area contributed by atoms with Gasteiger partial charge >= 0.3 is 0 Å². The fraction of sp³-hybridized carbons (Fsp3) is 0.458. The number of ether oxygens (including phenoxy) is 1. The van der Waals surface area contributed by atoms with Gasteiger partial charge in [-0.15, -0.1) is 0 Å². The molecule has 0 spiro atoms. The van der Waals surface area contributed by atoms with Crippen LogP contribution in [0.2, 0.25) is 0 Å². The van der Waals surface area contributed by atoms with Gasteiger partial charge in [0.15, 0.2) is 5.96 Å². The van der Waals surface area contributed by atoms with Gasteiger partial charge in [0.25, 0.3) is 0 Å². The predicted octanol–water partition coefficient (Wildman–Crippen LogP) is 2.57. The van der Waals surface area contributed by atoms with Gasteiger partial charge in [-0.2, -0.15) is 0 Å². The highest BCUT2D eigenvalue weighted by Gasteiger charge is 2.13. The molecule has 0 aromatic heterocycles. The molecule has 2 aromatic carbocycles. The van der Waals surface area contributed by atoms with Gasteiger partial charge in [0.1, 0.15) is 12.4 Å². The van der Waals surface area contributed by atoms with E-state index in [1.807, 2.05) is 30.3 Å². The van der Waals surface area contributed by atoms with Crippen LogP contribution in [0.1, 0.15) is 18.1 Å². The van der Waals surface area contributed by atoms with Gasteiger partial charge in [0.05, 0.1) is 13.1 Å². The third-order valence-electron chi connectivity index (χ3n) is 5.20. The van der Waals surface area contributed by atoms with Crippen LogP contribution in [0, 0.1) is 0 Å². The number of rotatable bonds is 9. The molecule has 1 aliphatic rings. The normalized spacial score (nSPS) is 15.7. The number of guanidine groups is 1. The van der Waals surface area contributed by atoms with E-state index >= 15 is 0 Å². The number of aliphatic imine (C=N–C) groups is 1. The molecule has 3 rings (SSSR count). The largest absolute Gasteiger partial charge is 0.492 e. The van der Waals surface area contributed by atoms with Crippen molar-refractivity contribution >= 4 is 5.96 Å². The molecule has 30 heavy (non-hydrogen) atoms. The van der Waals surface area contributed by atoms with E-state index in [4.69, 9.17) is 9.73 Å². The number of nitrogens with zero attached hydrogens (tertiary/aromatic N) is 3. The van der Waals surface area contributed by atoms with Crippen LogP contribution in [0.3, 0.4) is 0 Å². The molecular formula is C24H35N5O. The van der Waals surface area contributed by atoms with Gasteiger partial charge in [-0.1, -0.05) is 42.5 Å². The number of benzene rings is 2. The lowest BCUT2D eigenvalue weighted by Crippen LogP contribution is -2.43. The topological polar surface area (TPSA) is 52.1 Å². The van der Waals surface area contributed by atoms with Crippen LogP contribution < -0.4 is 15.4 Å². The Hall–Kier alpha value is -2.57. The monoisotopic (exact) mass is 409 g/mol. The van der Waals surface area contributed by atoms with Crippen molar-refractivity contribution in [1.82, 2.24) is 20.4 Å². The first-order valence-corrected chi connectivity index (χ1v) is 10.9. The number of nitrogens with one attached hydrogen (secondary N) is 2. The van der Waals surface area contributed by atoms with E-state index in [1.165, 1.54) is 11.1 Å². The predicted molar refractivity (Wildman–Crippen MR) is 124 cm³/mol. The molecule has 1 aliphatic heterocycles. The molecule has 6 heteroatoms. The molecule has 1 saturated heterocycles. The molecule has 2 aromatic rings. The Kier molecular flexibility index (Phi) is 9.00. The Balaban J connectivity index is 1.43. The van der Waals surface area contributed by atoms with Crippen molar-refractivity contribution in [3.63, 3.8) is 0 Å². The van der Waals surface area contributed by atoms with Gasteiger partial charge in [0.2, 0.25) is 0 Å². The van der Waals surface area contributed by atoms with Crippen molar-refractivity contribution in [1.29, 1.82) is 0 Å². The fourth-order valence-electron chi connectivity index (χ4n) is 3.38. The summed E-state index contributed by atoms with van der Waals surface area (Å²) in [6.45, 7) is 10.5. The van der Waals surface area contributed by atoms with Crippen molar-refractivity contribution < 1.29 is 4.74 Å². The van der Waals surface area contributed by atoms with Crippen LogP contribution in [0.15, 0.2) is 59.6 Å². The van der Waals surface area contributed by atoms with E-state index in [9.17, 15) is 0 Å². The third kappa shape index (κ3) is 7.69. The number of piperazine rings is 1. The van der Waals surface area contributed by atoms with Crippen molar-refractivity contribution in [3.05, 3.63) is 65.7 Å². The summed E-state index contributed by atoms with van der Waals surface area (Å²) in [4.78, 5) is 9.62. The summed E-state index contributed by atoms with van der Waals surface area (Å²) in [5, 5.41) is 6.63. The zero-order chi connectivity index (χ0) is 21.0. The van der Waals surface area contributed by atoms with E-state index < -0.39 is 0 Å². The summed E-state index contributed by atoms with van der Waals surface area (Å²) in [5.41, 5.74) is 2.59. The summed E-state index contributed by atoms with van der Waals surface area (Å²) >= 11 is 0. The van der Waals surface area contributed by atoms with Gasteiger partial charge < -0.3 is 20.3 Å². The summed E-state index contributed by atoms with van der Waals surface area (Å²) in [6, 6.07) is 18.7. The zero-order valence-electron chi connectivity index (χ0n) is 18.3. The molecule has 0 saturated carbocycles. The summed E-state index contributed by atoms with van der Waals surface area (Å²) in [5.74, 6) is 1.70. The van der Waals surface area contributed by atoms with Crippen LogP contribution in [0.5, 0.6) is 5.75 Å². The minimum absolute atomic E-state index is 0.593. The van der Waals surface area contributed by atoms with Crippen LogP contribution in [-0.2, 0) is 13.1 Å². The second-order valence-corrected chi connectivity index (χ2v) is 7.68. The standard InChI is InChI=1S/C24H35N5O/c1-3-25-24(26-13-18-30-23-7-5-4-6-8-23)27-19-21-9-11-22(12-10-21)20-29-16-14-28(2)15-17-29/h4-12H,3,13-20H2,1-2H3,(H2,25,26,27). The van der Waals surface area contributed by atoms with Crippen molar-refractivity contribution in [3.8, 4) is 5.75 Å². The van der Waals surface area contributed by atoms with Crippen molar-refractivity contribution in [2.75, 3.05) is 52.9 Å². The van der Waals surface area contributed by atoms with E-state index in [1.54, 1.807) is 0 Å². The first-order valence-electron chi connectivity index (χ1n) is 10.9. The fourth-order valence-corrected chi connectivity index (χ4v) is 3.38. The highest BCUT2D eigenvalue weighted by atomic mass is 16.5. The van der Waals surface area contributed by atoms with E-state index in [2.05, 4.69) is 58.7 Å². The average Bonchev–Trinajstić information content (AvgIpc) is 2.78. The highest BCUT2D eigenvalue weighted by molar-refractivity contribution is 5.79. The highest BCUT2D eigenvalue weighted by Crippen LogP contribution is 2.10. The summed E-state index contributed by atoms with van der Waals surface area (Å²) in [6.07, 6.45) is 0. The number of para-hydroxylation sites is 1. The Morgan fingerprint density at radius 1 is 0.933 bits per heavy atom. The molecule has 0 atom stereocenters. The minimum atomic E-state index is 0.593. The molecule has 0 bridgehead atoms. The van der Waals surface area contributed by atoms with Crippen molar-refractivity contribution in [2.24, 2.45) is 4.99 Å². The van der Waals surface area contributed by atoms with Crippen molar-refractivity contribution in [2.45, 2.75) is 20.0 Å². The lowest BCUT2D eigenvalue weighted by Gasteiger charge is -2.32. The van der Waals surface area contributed by atoms with E-state index in [0.29, 0.717) is 19.7 Å². The average molecular weight is 410 g/mol. The Labute approximate surface area is 180 Å². The van der Waals surface area contributed by atoms with Gasteiger partial charge in [-0.25, -0.2) is 4.99 Å². The molecule has 6 nitrogen and oxygen atoms in total. The number of hydrogen-bond acceptors (Lipinski definition) is 4. The molecule has 162 valence electrons. The van der Waals surface area contributed by atoms with Crippen LogP contribution in [0.25, 0.3) is 0 Å². The lowest BCUT2D eigenvalue weighted by atomic mass is 10.1. The maximum absolute atomic E-state index is 5.73. The van der Waals surface area contributed by atoms with Crippen LogP contribution in [-0.4, -0.2) is 68.7 Å². The van der Waals surface area contributed by atoms with Gasteiger partial charge in [0, 0.05) is 39.3 Å². The van der Waals surface area contributed by atoms with Crippen LogP contribution in [0.4, 0.5) is 0 Å². The Morgan fingerprint density at radius 2 is 1.63 bits per heavy atom. The molecule has 0 unspecified atom stereocenters. The molecule has 0 amide bonds. The molecular weight excluding hydrogens is 374 g/mol. The molecule has 2 N–H and O–H groups in total. The minimum Gasteiger partial charge on any atom is -0.492 e.